The summed E-state index contributed by atoms with van der Waals surface area (Å²) in [6, 6.07) is 3.62. The highest BCUT2D eigenvalue weighted by atomic mass is 16.5. The maximum absolute atomic E-state index is 12.5. The molecule has 0 bridgehead atoms. The predicted octanol–water partition coefficient (Wildman–Crippen LogP) is 4.10. The largest absolute Gasteiger partial charge is 0.478 e. The number of unbranched alkanes of at least 4 members (excludes halogenated alkanes) is 2. The van der Waals surface area contributed by atoms with E-state index in [4.69, 9.17) is 9.47 Å². The van der Waals surface area contributed by atoms with Gasteiger partial charge in [0.05, 0.1) is 18.0 Å². The van der Waals surface area contributed by atoms with Crippen molar-refractivity contribution in [1.82, 2.24) is 4.98 Å². The predicted molar refractivity (Wildman–Crippen MR) is 92.9 cm³/mol. The zero-order chi connectivity index (χ0) is 17.3. The molecule has 1 heterocycles. The van der Waals surface area contributed by atoms with Gasteiger partial charge in [0, 0.05) is 13.2 Å². The zero-order valence-electron chi connectivity index (χ0n) is 15.1. The third kappa shape index (κ3) is 5.82. The number of aromatic nitrogens is 1. The van der Waals surface area contributed by atoms with Gasteiger partial charge in [-0.1, -0.05) is 33.1 Å². The van der Waals surface area contributed by atoms with E-state index in [1.54, 1.807) is 13.2 Å². The van der Waals surface area contributed by atoms with Crippen molar-refractivity contribution in [3.05, 3.63) is 17.8 Å². The van der Waals surface area contributed by atoms with Crippen LogP contribution in [0.1, 0.15) is 58.6 Å². The zero-order valence-corrected chi connectivity index (χ0v) is 15.1. The van der Waals surface area contributed by atoms with Crippen LogP contribution in [0.2, 0.25) is 0 Å². The van der Waals surface area contributed by atoms with Gasteiger partial charge in [-0.05, 0) is 32.8 Å². The lowest BCUT2D eigenvalue weighted by Crippen LogP contribution is -2.42. The van der Waals surface area contributed by atoms with Gasteiger partial charge in [0.2, 0.25) is 5.88 Å². The Balaban J connectivity index is 2.74. The van der Waals surface area contributed by atoms with Gasteiger partial charge in [-0.2, -0.15) is 0 Å². The highest BCUT2D eigenvalue weighted by molar-refractivity contribution is 5.97. The molecule has 1 rings (SSSR count). The number of rotatable bonds is 10. The molecular formula is C18H30N2O3. The molecule has 1 N–H and O–H groups in total. The van der Waals surface area contributed by atoms with Gasteiger partial charge in [0.15, 0.2) is 0 Å². The first kappa shape index (κ1) is 19.4. The summed E-state index contributed by atoms with van der Waals surface area (Å²) in [7, 11) is 1.57. The van der Waals surface area contributed by atoms with Crippen LogP contribution < -0.4 is 10.1 Å². The van der Waals surface area contributed by atoms with Gasteiger partial charge in [0.1, 0.15) is 5.60 Å². The minimum atomic E-state index is -0.821. The van der Waals surface area contributed by atoms with E-state index in [0.29, 0.717) is 24.6 Å². The number of hydrogen-bond donors (Lipinski definition) is 1. The first-order valence-electron chi connectivity index (χ1n) is 8.43. The lowest BCUT2D eigenvalue weighted by atomic mass is 9.97. The smallest absolute Gasteiger partial charge is 0.256 e. The van der Waals surface area contributed by atoms with Gasteiger partial charge in [-0.3, -0.25) is 4.79 Å². The van der Waals surface area contributed by atoms with E-state index in [1.807, 2.05) is 19.9 Å². The molecule has 0 radical (unpaired) electrons. The van der Waals surface area contributed by atoms with Crippen molar-refractivity contribution in [2.24, 2.45) is 0 Å². The minimum Gasteiger partial charge on any atom is -0.478 e. The van der Waals surface area contributed by atoms with E-state index >= 15 is 0 Å². The summed E-state index contributed by atoms with van der Waals surface area (Å²) < 4.78 is 11.0. The number of amides is 1. The molecule has 23 heavy (non-hydrogen) atoms. The van der Waals surface area contributed by atoms with Crippen molar-refractivity contribution >= 4 is 11.6 Å². The molecule has 5 heteroatoms. The summed E-state index contributed by atoms with van der Waals surface area (Å²) in [6.07, 6.45) is 4.75. The maximum atomic E-state index is 12.5. The average Bonchev–Trinajstić information content (AvgIpc) is 2.55. The number of ether oxygens (including phenoxy) is 2. The van der Waals surface area contributed by atoms with Crippen molar-refractivity contribution in [3.8, 4) is 5.88 Å². The van der Waals surface area contributed by atoms with Gasteiger partial charge >= 0.3 is 0 Å². The van der Waals surface area contributed by atoms with Gasteiger partial charge in [-0.25, -0.2) is 4.98 Å². The van der Waals surface area contributed by atoms with Crippen molar-refractivity contribution < 1.29 is 14.3 Å². The van der Waals surface area contributed by atoms with Gasteiger partial charge < -0.3 is 14.8 Å². The number of carbonyl (C=O) groups is 1. The number of methoxy groups -OCH3 is 1. The number of aryl methyl sites for hydroxylation is 1. The molecule has 0 fully saturated rings. The van der Waals surface area contributed by atoms with E-state index in [9.17, 15) is 4.79 Å². The molecule has 1 aromatic rings. The molecule has 0 aliphatic carbocycles. The van der Waals surface area contributed by atoms with Gasteiger partial charge in [0.25, 0.3) is 5.91 Å². The molecule has 1 amide bonds. The van der Waals surface area contributed by atoms with Gasteiger partial charge in [-0.15, -0.1) is 0 Å². The Bertz CT molecular complexity index is 505. The Labute approximate surface area is 139 Å². The van der Waals surface area contributed by atoms with Crippen molar-refractivity contribution in [2.75, 3.05) is 19.0 Å². The molecule has 0 aliphatic rings. The summed E-state index contributed by atoms with van der Waals surface area (Å²) in [4.78, 5) is 16.9. The third-order valence-corrected chi connectivity index (χ3v) is 3.99. The van der Waals surface area contributed by atoms with Crippen LogP contribution in [0.25, 0.3) is 0 Å². The normalized spacial score (nSPS) is 13.4. The number of nitrogens with one attached hydrogen (secondary N) is 1. The van der Waals surface area contributed by atoms with Crippen LogP contribution in [0.15, 0.2) is 12.1 Å². The maximum Gasteiger partial charge on any atom is 0.256 e. The first-order chi connectivity index (χ1) is 11.0. The summed E-state index contributed by atoms with van der Waals surface area (Å²) in [6.45, 7) is 8.56. The molecule has 0 unspecified atom stereocenters. The second-order valence-electron chi connectivity index (χ2n) is 5.98. The SMILES string of the molecule is CCCCOc1ccc(NC(=O)[C@@](C)(CCCC)OC)c(C)n1. The topological polar surface area (TPSA) is 60.5 Å². The first-order valence-corrected chi connectivity index (χ1v) is 8.43. The fourth-order valence-electron chi connectivity index (χ4n) is 2.15. The van der Waals surface area contributed by atoms with E-state index in [-0.39, 0.29) is 5.91 Å². The fraction of sp³-hybridized carbons (Fsp3) is 0.667. The fourth-order valence-corrected chi connectivity index (χ4v) is 2.15. The molecule has 1 aromatic heterocycles. The van der Waals surface area contributed by atoms with Crippen LogP contribution in [0.5, 0.6) is 5.88 Å². The van der Waals surface area contributed by atoms with Crippen LogP contribution in [-0.2, 0) is 9.53 Å². The van der Waals surface area contributed by atoms with E-state index < -0.39 is 5.60 Å². The second kappa shape index (κ2) is 9.50. The molecule has 0 aliphatic heterocycles. The van der Waals surface area contributed by atoms with Crippen molar-refractivity contribution in [2.45, 2.75) is 65.4 Å². The van der Waals surface area contributed by atoms with E-state index in [2.05, 4.69) is 24.1 Å². The second-order valence-corrected chi connectivity index (χ2v) is 5.98. The highest BCUT2D eigenvalue weighted by Gasteiger charge is 2.32. The Morgan fingerprint density at radius 2 is 1.96 bits per heavy atom. The number of carbonyl (C=O) groups excluding carboxylic acids is 1. The standard InChI is InChI=1S/C18H30N2O3/c1-6-8-12-18(4,22-5)17(21)20-15-10-11-16(19-14(15)3)23-13-9-7-2/h10-11H,6-9,12-13H2,1-5H3,(H,20,21)/t18-/m1/s1. The number of hydrogen-bond acceptors (Lipinski definition) is 4. The highest BCUT2D eigenvalue weighted by Crippen LogP contribution is 2.23. The molecule has 0 saturated carbocycles. The lowest BCUT2D eigenvalue weighted by molar-refractivity contribution is -0.136. The van der Waals surface area contributed by atoms with Crippen LogP contribution in [0.3, 0.4) is 0 Å². The number of pyridine rings is 1. The summed E-state index contributed by atoms with van der Waals surface area (Å²) >= 11 is 0. The van der Waals surface area contributed by atoms with Crippen LogP contribution in [0.4, 0.5) is 5.69 Å². The van der Waals surface area contributed by atoms with Crippen LogP contribution in [0, 0.1) is 6.92 Å². The Hall–Kier alpha value is -1.62. The van der Waals surface area contributed by atoms with Crippen molar-refractivity contribution in [1.29, 1.82) is 0 Å². The number of anilines is 1. The summed E-state index contributed by atoms with van der Waals surface area (Å²) in [5, 5.41) is 2.92. The molecule has 1 atom stereocenters. The van der Waals surface area contributed by atoms with Crippen LogP contribution >= 0.6 is 0 Å². The molecule has 130 valence electrons. The van der Waals surface area contributed by atoms with Crippen molar-refractivity contribution in [3.63, 3.8) is 0 Å². The Morgan fingerprint density at radius 1 is 1.26 bits per heavy atom. The Kier molecular flexibility index (Phi) is 8.03. The molecular weight excluding hydrogens is 292 g/mol. The summed E-state index contributed by atoms with van der Waals surface area (Å²) in [5.41, 5.74) is 0.609. The molecule has 0 saturated heterocycles. The molecule has 0 spiro atoms. The monoisotopic (exact) mass is 322 g/mol. The summed E-state index contributed by atoms with van der Waals surface area (Å²) in [5.74, 6) is 0.451. The van der Waals surface area contributed by atoms with Crippen LogP contribution in [-0.4, -0.2) is 30.2 Å². The van der Waals surface area contributed by atoms with E-state index in [1.165, 1.54) is 0 Å². The molecule has 0 aromatic carbocycles. The van der Waals surface area contributed by atoms with E-state index in [0.717, 1.165) is 31.4 Å². The lowest BCUT2D eigenvalue weighted by Gasteiger charge is -2.27. The Morgan fingerprint density at radius 3 is 2.52 bits per heavy atom. The third-order valence-electron chi connectivity index (χ3n) is 3.99. The minimum absolute atomic E-state index is 0.141. The number of nitrogens with zero attached hydrogens (tertiary/aromatic N) is 1. The quantitative estimate of drug-likeness (QED) is 0.659. The molecule has 5 nitrogen and oxygen atoms in total. The average molecular weight is 322 g/mol.